The standard InChI is InChI=1S/C48H100P.ClH/c1-5-9-13-17-21-25-29-33-37-41-45-49(46-42-38-34-30-26-22-18-14-10-6-2,47-43-39-35-31-27-23-19-15-11-7-3)48-44-40-36-32-28-24-20-16-12-8-4;/h5-48H2,1-4H3;1H/q+1;/p-1. The SMILES string of the molecule is CCCCCCCCCCCC[P+](CCCCCCCCCCCC)(CCCCCCCCCCCC)CCCCCCCCCCCC.[Cl-]. The molecule has 0 atom stereocenters. The molecule has 0 bridgehead atoms. The van der Waals surface area contributed by atoms with Crippen LogP contribution in [0.2, 0.25) is 0 Å². The van der Waals surface area contributed by atoms with E-state index in [2.05, 4.69) is 27.7 Å². The highest BCUT2D eigenvalue weighted by molar-refractivity contribution is 7.75. The Hall–Kier alpha value is 0.720. The molecule has 0 aliphatic heterocycles. The van der Waals surface area contributed by atoms with Crippen molar-refractivity contribution < 1.29 is 12.4 Å². The van der Waals surface area contributed by atoms with E-state index >= 15 is 0 Å². The normalized spacial score (nSPS) is 11.8. The topological polar surface area (TPSA) is 0 Å². The fourth-order valence-corrected chi connectivity index (χ4v) is 13.3. The smallest absolute Gasteiger partial charge is 0.0594 e. The predicted octanol–water partition coefficient (Wildman–Crippen LogP) is 15.7. The van der Waals surface area contributed by atoms with Crippen molar-refractivity contribution in [1.82, 2.24) is 0 Å². The van der Waals surface area contributed by atoms with Gasteiger partial charge in [0.1, 0.15) is 0 Å². The average Bonchev–Trinajstić information content (AvgIpc) is 3.11. The van der Waals surface area contributed by atoms with Crippen LogP contribution in [0.3, 0.4) is 0 Å². The molecule has 304 valence electrons. The summed E-state index contributed by atoms with van der Waals surface area (Å²) in [5.74, 6) is 0. The van der Waals surface area contributed by atoms with Crippen LogP contribution in [0.15, 0.2) is 0 Å². The third kappa shape index (κ3) is 39.9. The Morgan fingerprint density at radius 3 is 0.440 bits per heavy atom. The molecule has 0 aromatic rings. The summed E-state index contributed by atoms with van der Waals surface area (Å²) < 4.78 is 0. The molecule has 0 unspecified atom stereocenters. The summed E-state index contributed by atoms with van der Waals surface area (Å²) in [6, 6.07) is 0. The molecule has 0 aliphatic carbocycles. The van der Waals surface area contributed by atoms with Gasteiger partial charge < -0.3 is 12.4 Å². The molecule has 0 radical (unpaired) electrons. The molecule has 0 heterocycles. The van der Waals surface area contributed by atoms with Gasteiger partial charge in [0, 0.05) is 7.26 Å². The number of hydrogen-bond donors (Lipinski definition) is 0. The highest BCUT2D eigenvalue weighted by Gasteiger charge is 2.35. The lowest BCUT2D eigenvalue weighted by Crippen LogP contribution is -3.00. The maximum Gasteiger partial charge on any atom is 0.0594 e. The van der Waals surface area contributed by atoms with Crippen molar-refractivity contribution in [1.29, 1.82) is 0 Å². The Balaban J connectivity index is 0. The van der Waals surface area contributed by atoms with Crippen molar-refractivity contribution in [3.63, 3.8) is 0 Å². The van der Waals surface area contributed by atoms with E-state index in [1.807, 2.05) is 0 Å². The van der Waals surface area contributed by atoms with E-state index in [9.17, 15) is 0 Å². The number of rotatable bonds is 44. The highest BCUT2D eigenvalue weighted by Crippen LogP contribution is 2.61. The molecule has 0 N–H and O–H groups in total. The van der Waals surface area contributed by atoms with Crippen molar-refractivity contribution in [3.8, 4) is 0 Å². The van der Waals surface area contributed by atoms with Gasteiger partial charge in [0.15, 0.2) is 0 Å². The van der Waals surface area contributed by atoms with Gasteiger partial charge in [-0.15, -0.1) is 0 Å². The maximum absolute atomic E-state index is 2.34. The Bertz CT molecular complexity index is 475. The van der Waals surface area contributed by atoms with E-state index in [-0.39, 0.29) is 12.4 Å². The molecular weight excluding hydrogens is 643 g/mol. The molecule has 0 amide bonds. The van der Waals surface area contributed by atoms with E-state index in [1.165, 1.54) is 231 Å². The molecule has 0 aromatic carbocycles. The first-order chi connectivity index (χ1) is 24.2. The largest absolute Gasteiger partial charge is 1.00 e. The van der Waals surface area contributed by atoms with E-state index in [4.69, 9.17) is 0 Å². The van der Waals surface area contributed by atoms with Gasteiger partial charge in [0.2, 0.25) is 0 Å². The van der Waals surface area contributed by atoms with Crippen LogP contribution in [-0.4, -0.2) is 24.6 Å². The van der Waals surface area contributed by atoms with E-state index in [0.29, 0.717) is 0 Å². The molecule has 0 nitrogen and oxygen atoms in total. The molecule has 0 aromatic heterocycles. The summed E-state index contributed by atoms with van der Waals surface area (Å²) in [6.45, 7) is 9.36. The van der Waals surface area contributed by atoms with Crippen LogP contribution in [-0.2, 0) is 0 Å². The lowest BCUT2D eigenvalue weighted by Gasteiger charge is -2.28. The molecule has 0 spiro atoms. The second-order valence-corrected chi connectivity index (χ2v) is 21.4. The van der Waals surface area contributed by atoms with Crippen LogP contribution in [0.5, 0.6) is 0 Å². The zero-order valence-electron chi connectivity index (χ0n) is 35.9. The highest BCUT2D eigenvalue weighted by atomic mass is 35.5. The first-order valence-electron chi connectivity index (χ1n) is 24.1. The van der Waals surface area contributed by atoms with E-state index in [1.54, 1.807) is 50.3 Å². The third-order valence-electron chi connectivity index (χ3n) is 11.9. The summed E-state index contributed by atoms with van der Waals surface area (Å²) >= 11 is 0. The van der Waals surface area contributed by atoms with Crippen LogP contribution in [0.25, 0.3) is 0 Å². The summed E-state index contributed by atoms with van der Waals surface area (Å²) in [4.78, 5) is 0. The minimum absolute atomic E-state index is 0. The second-order valence-electron chi connectivity index (χ2n) is 17.0. The summed E-state index contributed by atoms with van der Waals surface area (Å²) in [5, 5.41) is 0. The minimum Gasteiger partial charge on any atom is -1.00 e. The second kappa shape index (κ2) is 45.9. The van der Waals surface area contributed by atoms with Gasteiger partial charge in [-0.05, 0) is 51.4 Å². The quantitative estimate of drug-likeness (QED) is 0.0431. The molecule has 50 heavy (non-hydrogen) atoms. The van der Waals surface area contributed by atoms with Crippen molar-refractivity contribution in [2.75, 3.05) is 24.6 Å². The molecular formula is C48H100ClP. The number of hydrogen-bond acceptors (Lipinski definition) is 0. The Kier molecular flexibility index (Phi) is 48.5. The van der Waals surface area contributed by atoms with Crippen molar-refractivity contribution in [2.24, 2.45) is 0 Å². The van der Waals surface area contributed by atoms with Crippen LogP contribution in [0, 0.1) is 0 Å². The number of halogens is 1. The zero-order chi connectivity index (χ0) is 35.6. The molecule has 0 aliphatic rings. The van der Waals surface area contributed by atoms with Gasteiger partial charge in [-0.3, -0.25) is 0 Å². The molecule has 0 rings (SSSR count). The van der Waals surface area contributed by atoms with Gasteiger partial charge in [-0.25, -0.2) is 0 Å². The van der Waals surface area contributed by atoms with Gasteiger partial charge >= 0.3 is 0 Å². The Morgan fingerprint density at radius 2 is 0.300 bits per heavy atom. The molecule has 2 heteroatoms. The van der Waals surface area contributed by atoms with Gasteiger partial charge in [0.25, 0.3) is 0 Å². The monoisotopic (exact) mass is 743 g/mol. The summed E-state index contributed by atoms with van der Waals surface area (Å²) in [5.41, 5.74) is 0. The maximum atomic E-state index is 2.34. The summed E-state index contributed by atoms with van der Waals surface area (Å²) in [7, 11) is -0.792. The van der Waals surface area contributed by atoms with Crippen LogP contribution in [0.1, 0.15) is 285 Å². The van der Waals surface area contributed by atoms with Gasteiger partial charge in [-0.2, -0.15) is 0 Å². The van der Waals surface area contributed by atoms with Crippen LogP contribution < -0.4 is 12.4 Å². The van der Waals surface area contributed by atoms with Crippen LogP contribution >= 0.6 is 7.26 Å². The van der Waals surface area contributed by atoms with E-state index < -0.39 is 7.26 Å². The first kappa shape index (κ1) is 52.8. The predicted molar refractivity (Wildman–Crippen MR) is 234 cm³/mol. The number of unbranched alkanes of at least 4 members (excludes halogenated alkanes) is 36. The van der Waals surface area contributed by atoms with Crippen LogP contribution in [0.4, 0.5) is 0 Å². The van der Waals surface area contributed by atoms with Crippen molar-refractivity contribution in [2.45, 2.75) is 285 Å². The lowest BCUT2D eigenvalue weighted by atomic mass is 10.1. The fourth-order valence-electron chi connectivity index (χ4n) is 8.41. The lowest BCUT2D eigenvalue weighted by molar-refractivity contribution is -0.0000110. The fraction of sp³-hybridized carbons (Fsp3) is 1.00. The van der Waals surface area contributed by atoms with Gasteiger partial charge in [0.05, 0.1) is 24.6 Å². The zero-order valence-corrected chi connectivity index (χ0v) is 37.6. The summed E-state index contributed by atoms with van der Waals surface area (Å²) in [6.07, 6.45) is 66.2. The van der Waals surface area contributed by atoms with Crippen molar-refractivity contribution in [3.05, 3.63) is 0 Å². The molecule has 0 saturated carbocycles. The third-order valence-corrected chi connectivity index (χ3v) is 17.0. The Morgan fingerprint density at radius 1 is 0.180 bits per heavy atom. The first-order valence-corrected chi connectivity index (χ1v) is 26.6. The van der Waals surface area contributed by atoms with Crippen molar-refractivity contribution >= 4 is 7.26 Å². The minimum atomic E-state index is -0.792. The molecule has 0 saturated heterocycles. The Labute approximate surface area is 327 Å². The average molecular weight is 744 g/mol. The van der Waals surface area contributed by atoms with E-state index in [0.717, 1.165) is 0 Å². The molecule has 0 fully saturated rings. The van der Waals surface area contributed by atoms with Gasteiger partial charge in [-0.1, -0.05) is 233 Å².